The Labute approximate surface area is 134 Å². The lowest BCUT2D eigenvalue weighted by Gasteiger charge is -2.20. The van der Waals surface area contributed by atoms with Crippen molar-refractivity contribution in [1.29, 1.82) is 0 Å². The minimum absolute atomic E-state index is 0.154. The molecule has 5 heteroatoms. The molecule has 0 radical (unpaired) electrons. The van der Waals surface area contributed by atoms with E-state index >= 15 is 0 Å². The maximum atomic E-state index is 12.1. The molecule has 3 nitrogen and oxygen atoms in total. The maximum Gasteiger partial charge on any atom is 0.286 e. The number of likely N-dealkylation sites (tertiary alicyclic amines) is 1. The number of aliphatic imine (C=N–C) groups is 1. The van der Waals surface area contributed by atoms with Crippen molar-refractivity contribution < 1.29 is 4.79 Å². The molecule has 0 bridgehead atoms. The third kappa shape index (κ3) is 3.50. The molecule has 0 spiro atoms. The molecule has 0 saturated carbocycles. The zero-order valence-electron chi connectivity index (χ0n) is 11.7. The van der Waals surface area contributed by atoms with E-state index in [1.54, 1.807) is 0 Å². The Hall–Kier alpha value is -1.26. The maximum absolute atomic E-state index is 12.1. The molecule has 0 atom stereocenters. The van der Waals surface area contributed by atoms with Gasteiger partial charge in [0.15, 0.2) is 5.17 Å². The second-order valence-corrected chi connectivity index (χ2v) is 6.65. The number of hydrogen-bond donors (Lipinski definition) is 0. The van der Waals surface area contributed by atoms with Gasteiger partial charge in [-0.05, 0) is 42.3 Å². The number of benzene rings is 1. The van der Waals surface area contributed by atoms with Crippen LogP contribution < -0.4 is 0 Å². The summed E-state index contributed by atoms with van der Waals surface area (Å²) in [7, 11) is 0. The second kappa shape index (κ2) is 6.67. The molecule has 2 heterocycles. The lowest BCUT2D eigenvalue weighted by molar-refractivity contribution is -0.113. The van der Waals surface area contributed by atoms with Crippen LogP contribution in [0.5, 0.6) is 0 Å². The third-order valence-corrected chi connectivity index (χ3v) is 5.07. The van der Waals surface area contributed by atoms with Gasteiger partial charge in [-0.3, -0.25) is 4.79 Å². The molecule has 2 aliphatic rings. The van der Waals surface area contributed by atoms with E-state index in [0.29, 0.717) is 9.93 Å². The molecule has 110 valence electrons. The highest BCUT2D eigenvalue weighted by Crippen LogP contribution is 2.32. The van der Waals surface area contributed by atoms with Crippen molar-refractivity contribution in [2.45, 2.75) is 25.7 Å². The predicted octanol–water partition coefficient (Wildman–Crippen LogP) is 4.19. The van der Waals surface area contributed by atoms with Crippen LogP contribution >= 0.6 is 23.4 Å². The fraction of sp³-hybridized carbons (Fsp3) is 0.375. The number of thioether (sulfide) groups is 1. The van der Waals surface area contributed by atoms with E-state index in [0.717, 1.165) is 23.8 Å². The molecule has 0 N–H and O–H groups in total. The van der Waals surface area contributed by atoms with E-state index < -0.39 is 0 Å². The molecule has 21 heavy (non-hydrogen) atoms. The van der Waals surface area contributed by atoms with Crippen LogP contribution in [0, 0.1) is 0 Å². The van der Waals surface area contributed by atoms with Crippen molar-refractivity contribution in [2.24, 2.45) is 4.99 Å². The molecule has 0 aromatic heterocycles. The summed E-state index contributed by atoms with van der Waals surface area (Å²) in [6, 6.07) is 7.54. The van der Waals surface area contributed by atoms with Crippen LogP contribution in [0.4, 0.5) is 0 Å². The number of carbonyl (C=O) groups is 1. The molecule has 1 saturated heterocycles. The van der Waals surface area contributed by atoms with Gasteiger partial charge in [0.1, 0.15) is 0 Å². The highest BCUT2D eigenvalue weighted by molar-refractivity contribution is 8.18. The van der Waals surface area contributed by atoms with Gasteiger partial charge in [0.2, 0.25) is 0 Å². The summed E-state index contributed by atoms with van der Waals surface area (Å²) >= 11 is 7.61. The van der Waals surface area contributed by atoms with Crippen LogP contribution in [0.1, 0.15) is 31.2 Å². The Morgan fingerprint density at radius 1 is 1.14 bits per heavy atom. The van der Waals surface area contributed by atoms with Gasteiger partial charge < -0.3 is 4.90 Å². The molecular weight excluding hydrogens is 304 g/mol. The first-order chi connectivity index (χ1) is 10.2. The van der Waals surface area contributed by atoms with Crippen LogP contribution in [0.15, 0.2) is 34.2 Å². The second-order valence-electron chi connectivity index (χ2n) is 5.23. The van der Waals surface area contributed by atoms with Gasteiger partial charge in [-0.1, -0.05) is 42.6 Å². The summed E-state index contributed by atoms with van der Waals surface area (Å²) in [5, 5.41) is 1.50. The van der Waals surface area contributed by atoms with Crippen molar-refractivity contribution in [1.82, 2.24) is 4.90 Å². The first-order valence-electron chi connectivity index (χ1n) is 7.26. The third-order valence-electron chi connectivity index (χ3n) is 3.68. The number of amides is 1. The van der Waals surface area contributed by atoms with Crippen molar-refractivity contribution in [3.63, 3.8) is 0 Å². The van der Waals surface area contributed by atoms with Gasteiger partial charge in [-0.15, -0.1) is 0 Å². The SMILES string of the molecule is O=C1N=C(N2CCCCCC2)SC1=Cc1ccccc1Cl. The van der Waals surface area contributed by atoms with E-state index in [1.165, 1.54) is 37.4 Å². The first-order valence-corrected chi connectivity index (χ1v) is 8.45. The monoisotopic (exact) mass is 320 g/mol. The zero-order chi connectivity index (χ0) is 14.7. The average molecular weight is 321 g/mol. The Balaban J connectivity index is 1.77. The standard InChI is InChI=1S/C16H17ClN2OS/c17-13-8-4-3-7-12(13)11-14-15(20)18-16(21-14)19-9-5-1-2-6-10-19/h3-4,7-8,11H,1-2,5-6,9-10H2. The summed E-state index contributed by atoms with van der Waals surface area (Å²) in [5.41, 5.74) is 0.863. The number of hydrogen-bond acceptors (Lipinski definition) is 3. The lowest BCUT2D eigenvalue weighted by Crippen LogP contribution is -2.28. The zero-order valence-corrected chi connectivity index (χ0v) is 13.3. The molecule has 1 aromatic rings. The number of nitrogens with zero attached hydrogens (tertiary/aromatic N) is 2. The average Bonchev–Trinajstić information content (AvgIpc) is 2.69. The largest absolute Gasteiger partial charge is 0.351 e. The van der Waals surface area contributed by atoms with Crippen LogP contribution in [-0.4, -0.2) is 29.1 Å². The Morgan fingerprint density at radius 3 is 2.57 bits per heavy atom. The summed E-state index contributed by atoms with van der Waals surface area (Å²) in [6.07, 6.45) is 6.73. The van der Waals surface area contributed by atoms with Gasteiger partial charge in [0.25, 0.3) is 5.91 Å². The molecule has 2 aliphatic heterocycles. The highest BCUT2D eigenvalue weighted by atomic mass is 35.5. The van der Waals surface area contributed by atoms with E-state index in [-0.39, 0.29) is 5.91 Å². The van der Waals surface area contributed by atoms with Gasteiger partial charge in [-0.2, -0.15) is 4.99 Å². The molecule has 1 fully saturated rings. The lowest BCUT2D eigenvalue weighted by atomic mass is 10.2. The van der Waals surface area contributed by atoms with E-state index in [1.807, 2.05) is 30.3 Å². The first kappa shape index (κ1) is 14.7. The van der Waals surface area contributed by atoms with Crippen molar-refractivity contribution in [2.75, 3.05) is 13.1 Å². The van der Waals surface area contributed by atoms with Gasteiger partial charge in [-0.25, -0.2) is 0 Å². The highest BCUT2D eigenvalue weighted by Gasteiger charge is 2.26. The minimum atomic E-state index is -0.154. The fourth-order valence-electron chi connectivity index (χ4n) is 2.53. The summed E-state index contributed by atoms with van der Waals surface area (Å²) < 4.78 is 0. The Bertz CT molecular complexity index is 604. The Morgan fingerprint density at radius 2 is 1.86 bits per heavy atom. The normalized spacial score (nSPS) is 21.6. The topological polar surface area (TPSA) is 32.7 Å². The van der Waals surface area contributed by atoms with Crippen molar-refractivity contribution >= 4 is 40.5 Å². The van der Waals surface area contributed by atoms with Gasteiger partial charge in [0, 0.05) is 18.1 Å². The quantitative estimate of drug-likeness (QED) is 0.727. The summed E-state index contributed by atoms with van der Waals surface area (Å²) in [4.78, 5) is 19.2. The fourth-order valence-corrected chi connectivity index (χ4v) is 3.67. The minimum Gasteiger partial charge on any atom is -0.351 e. The van der Waals surface area contributed by atoms with Crippen LogP contribution in [0.25, 0.3) is 6.08 Å². The number of amidine groups is 1. The van der Waals surface area contributed by atoms with Crippen LogP contribution in [0.3, 0.4) is 0 Å². The summed E-state index contributed by atoms with van der Waals surface area (Å²) in [6.45, 7) is 2.00. The van der Waals surface area contributed by atoms with E-state index in [2.05, 4.69) is 9.89 Å². The molecule has 1 aromatic carbocycles. The van der Waals surface area contributed by atoms with Crippen LogP contribution in [0.2, 0.25) is 5.02 Å². The van der Waals surface area contributed by atoms with Gasteiger partial charge >= 0.3 is 0 Å². The molecule has 3 rings (SSSR count). The number of carbonyl (C=O) groups excluding carboxylic acids is 1. The van der Waals surface area contributed by atoms with Gasteiger partial charge in [0.05, 0.1) is 4.91 Å². The number of halogens is 1. The summed E-state index contributed by atoms with van der Waals surface area (Å²) in [5.74, 6) is -0.154. The Kier molecular flexibility index (Phi) is 4.66. The smallest absolute Gasteiger partial charge is 0.286 e. The molecule has 0 aliphatic carbocycles. The van der Waals surface area contributed by atoms with Crippen LogP contribution in [-0.2, 0) is 4.79 Å². The molecular formula is C16H17ClN2OS. The van der Waals surface area contributed by atoms with Crippen molar-refractivity contribution in [3.8, 4) is 0 Å². The number of rotatable bonds is 1. The van der Waals surface area contributed by atoms with E-state index in [4.69, 9.17) is 11.6 Å². The predicted molar refractivity (Wildman–Crippen MR) is 89.5 cm³/mol. The van der Waals surface area contributed by atoms with E-state index in [9.17, 15) is 4.79 Å². The van der Waals surface area contributed by atoms with Crippen molar-refractivity contribution in [3.05, 3.63) is 39.8 Å². The molecule has 1 amide bonds. The molecule has 0 unspecified atom stereocenters.